The fourth-order valence-corrected chi connectivity index (χ4v) is 3.26. The third-order valence-corrected chi connectivity index (χ3v) is 4.35. The van der Waals surface area contributed by atoms with E-state index in [4.69, 9.17) is 4.74 Å². The van der Waals surface area contributed by atoms with Gasteiger partial charge in [0.05, 0.1) is 6.54 Å². The number of nitrogens with one attached hydrogen (secondary N) is 2. The van der Waals surface area contributed by atoms with Gasteiger partial charge >= 0.3 is 0 Å². The van der Waals surface area contributed by atoms with Crippen LogP contribution in [0.15, 0.2) is 0 Å². The van der Waals surface area contributed by atoms with Gasteiger partial charge in [-0.05, 0) is 44.1 Å². The molecule has 0 aromatic heterocycles. The summed E-state index contributed by atoms with van der Waals surface area (Å²) in [7, 11) is 0. The molecular weight excluding hydrogens is 240 g/mol. The van der Waals surface area contributed by atoms with Gasteiger partial charge in [-0.15, -0.1) is 0 Å². The highest BCUT2D eigenvalue weighted by Crippen LogP contribution is 2.27. The summed E-state index contributed by atoms with van der Waals surface area (Å²) in [5.41, 5.74) is 0. The zero-order chi connectivity index (χ0) is 13.5. The van der Waals surface area contributed by atoms with Crippen LogP contribution in [0.4, 0.5) is 0 Å². The van der Waals surface area contributed by atoms with E-state index in [0.717, 1.165) is 44.4 Å². The highest BCUT2D eigenvalue weighted by molar-refractivity contribution is 5.78. The van der Waals surface area contributed by atoms with Crippen molar-refractivity contribution in [3.8, 4) is 0 Å². The molecule has 2 atom stereocenters. The minimum atomic E-state index is 0.135. The van der Waals surface area contributed by atoms with Gasteiger partial charge < -0.3 is 15.4 Å². The van der Waals surface area contributed by atoms with Gasteiger partial charge in [0.15, 0.2) is 0 Å². The molecule has 1 aliphatic carbocycles. The molecule has 1 heterocycles. The van der Waals surface area contributed by atoms with Crippen LogP contribution in [0.3, 0.4) is 0 Å². The van der Waals surface area contributed by atoms with E-state index < -0.39 is 0 Å². The SMILES string of the molecule is CC1CCCC(CNCC(=O)NC2CCOCC2)C1. The first-order chi connectivity index (χ1) is 9.24. The molecular formula is C15H28N2O2. The lowest BCUT2D eigenvalue weighted by Crippen LogP contribution is -2.43. The Hall–Kier alpha value is -0.610. The van der Waals surface area contributed by atoms with E-state index in [-0.39, 0.29) is 5.91 Å². The van der Waals surface area contributed by atoms with Crippen molar-refractivity contribution in [3.05, 3.63) is 0 Å². The van der Waals surface area contributed by atoms with Gasteiger partial charge in [0.1, 0.15) is 0 Å². The van der Waals surface area contributed by atoms with Gasteiger partial charge in [0.25, 0.3) is 0 Å². The Balaban J connectivity index is 1.55. The molecule has 0 aromatic rings. The molecule has 19 heavy (non-hydrogen) atoms. The van der Waals surface area contributed by atoms with Crippen molar-refractivity contribution >= 4 is 5.91 Å². The largest absolute Gasteiger partial charge is 0.381 e. The predicted octanol–water partition coefficient (Wildman–Crippen LogP) is 1.70. The van der Waals surface area contributed by atoms with Crippen molar-refractivity contribution < 1.29 is 9.53 Å². The Morgan fingerprint density at radius 1 is 1.21 bits per heavy atom. The van der Waals surface area contributed by atoms with Gasteiger partial charge in [0, 0.05) is 19.3 Å². The molecule has 4 heteroatoms. The third kappa shape index (κ3) is 5.49. The maximum Gasteiger partial charge on any atom is 0.234 e. The first kappa shape index (κ1) is 14.8. The van der Waals surface area contributed by atoms with Crippen LogP contribution < -0.4 is 10.6 Å². The van der Waals surface area contributed by atoms with Crippen LogP contribution >= 0.6 is 0 Å². The number of hydrogen-bond donors (Lipinski definition) is 2. The van der Waals surface area contributed by atoms with Crippen LogP contribution in [0.25, 0.3) is 0 Å². The number of hydrogen-bond acceptors (Lipinski definition) is 3. The van der Waals surface area contributed by atoms with Gasteiger partial charge in [-0.2, -0.15) is 0 Å². The summed E-state index contributed by atoms with van der Waals surface area (Å²) in [5.74, 6) is 1.76. The van der Waals surface area contributed by atoms with Crippen molar-refractivity contribution in [2.45, 2.75) is 51.5 Å². The standard InChI is InChI=1S/C15H28N2O2/c1-12-3-2-4-13(9-12)10-16-11-15(18)17-14-5-7-19-8-6-14/h12-14,16H,2-11H2,1H3,(H,17,18). The van der Waals surface area contributed by atoms with Crippen molar-refractivity contribution in [2.24, 2.45) is 11.8 Å². The molecule has 1 aliphatic heterocycles. The Bertz CT molecular complexity index is 277. The topological polar surface area (TPSA) is 50.4 Å². The van der Waals surface area contributed by atoms with E-state index in [9.17, 15) is 4.79 Å². The molecule has 110 valence electrons. The molecule has 2 rings (SSSR count). The van der Waals surface area contributed by atoms with E-state index in [1.165, 1.54) is 25.7 Å². The Morgan fingerprint density at radius 3 is 2.74 bits per heavy atom. The summed E-state index contributed by atoms with van der Waals surface area (Å²) in [6.07, 6.45) is 7.26. The summed E-state index contributed by atoms with van der Waals surface area (Å²) in [5, 5.41) is 6.41. The van der Waals surface area contributed by atoms with E-state index >= 15 is 0 Å². The zero-order valence-electron chi connectivity index (χ0n) is 12.1. The Labute approximate surface area is 116 Å². The average Bonchev–Trinajstić information content (AvgIpc) is 2.40. The minimum Gasteiger partial charge on any atom is -0.381 e. The van der Waals surface area contributed by atoms with Crippen LogP contribution in [-0.2, 0) is 9.53 Å². The molecule has 0 bridgehead atoms. The zero-order valence-corrected chi connectivity index (χ0v) is 12.1. The molecule has 0 aromatic carbocycles. The smallest absolute Gasteiger partial charge is 0.234 e. The number of rotatable bonds is 5. The van der Waals surface area contributed by atoms with E-state index in [1.807, 2.05) is 0 Å². The van der Waals surface area contributed by atoms with Crippen LogP contribution in [0.2, 0.25) is 0 Å². The second-order valence-corrected chi connectivity index (χ2v) is 6.22. The van der Waals surface area contributed by atoms with Gasteiger partial charge in [-0.1, -0.05) is 19.8 Å². The Kier molecular flexibility index (Phi) is 6.11. The maximum absolute atomic E-state index is 11.8. The summed E-state index contributed by atoms with van der Waals surface area (Å²) in [4.78, 5) is 11.8. The van der Waals surface area contributed by atoms with Crippen molar-refractivity contribution in [3.63, 3.8) is 0 Å². The normalized spacial score (nSPS) is 29.1. The second-order valence-electron chi connectivity index (χ2n) is 6.22. The molecule has 2 unspecified atom stereocenters. The van der Waals surface area contributed by atoms with Crippen molar-refractivity contribution in [1.29, 1.82) is 0 Å². The van der Waals surface area contributed by atoms with E-state index in [2.05, 4.69) is 17.6 Å². The lowest BCUT2D eigenvalue weighted by atomic mass is 9.82. The molecule has 2 aliphatic rings. The molecule has 2 fully saturated rings. The lowest BCUT2D eigenvalue weighted by Gasteiger charge is -2.27. The van der Waals surface area contributed by atoms with E-state index in [0.29, 0.717) is 12.6 Å². The predicted molar refractivity (Wildman–Crippen MR) is 76.0 cm³/mol. The summed E-state index contributed by atoms with van der Waals surface area (Å²) in [6.45, 7) is 5.34. The molecule has 1 amide bonds. The quantitative estimate of drug-likeness (QED) is 0.798. The fourth-order valence-electron chi connectivity index (χ4n) is 3.26. The number of carbonyl (C=O) groups excluding carboxylic acids is 1. The molecule has 1 saturated carbocycles. The van der Waals surface area contributed by atoms with Crippen LogP contribution in [0.1, 0.15) is 45.4 Å². The van der Waals surface area contributed by atoms with Gasteiger partial charge in [-0.3, -0.25) is 4.79 Å². The third-order valence-electron chi connectivity index (χ3n) is 4.35. The lowest BCUT2D eigenvalue weighted by molar-refractivity contribution is -0.121. The van der Waals surface area contributed by atoms with E-state index in [1.54, 1.807) is 0 Å². The molecule has 1 saturated heterocycles. The molecule has 4 nitrogen and oxygen atoms in total. The van der Waals surface area contributed by atoms with Gasteiger partial charge in [-0.25, -0.2) is 0 Å². The van der Waals surface area contributed by atoms with Crippen molar-refractivity contribution in [2.75, 3.05) is 26.3 Å². The fraction of sp³-hybridized carbons (Fsp3) is 0.933. The van der Waals surface area contributed by atoms with Crippen LogP contribution in [-0.4, -0.2) is 38.3 Å². The highest BCUT2D eigenvalue weighted by atomic mass is 16.5. The van der Waals surface area contributed by atoms with Gasteiger partial charge in [0.2, 0.25) is 5.91 Å². The molecule has 2 N–H and O–H groups in total. The first-order valence-electron chi connectivity index (χ1n) is 7.82. The summed E-state index contributed by atoms with van der Waals surface area (Å²) in [6, 6.07) is 0.317. The minimum absolute atomic E-state index is 0.135. The van der Waals surface area contributed by atoms with Crippen LogP contribution in [0.5, 0.6) is 0 Å². The second kappa shape index (κ2) is 7.85. The highest BCUT2D eigenvalue weighted by Gasteiger charge is 2.19. The number of carbonyl (C=O) groups is 1. The molecule has 0 spiro atoms. The Morgan fingerprint density at radius 2 is 2.00 bits per heavy atom. The summed E-state index contributed by atoms with van der Waals surface area (Å²) >= 11 is 0. The summed E-state index contributed by atoms with van der Waals surface area (Å²) < 4.78 is 5.28. The molecule has 0 radical (unpaired) electrons. The average molecular weight is 268 g/mol. The first-order valence-corrected chi connectivity index (χ1v) is 7.82. The number of ether oxygens (including phenoxy) is 1. The number of amides is 1. The maximum atomic E-state index is 11.8. The van der Waals surface area contributed by atoms with Crippen molar-refractivity contribution in [1.82, 2.24) is 10.6 Å². The monoisotopic (exact) mass is 268 g/mol. The van der Waals surface area contributed by atoms with Crippen LogP contribution in [0, 0.1) is 11.8 Å².